The van der Waals surface area contributed by atoms with E-state index < -0.39 is 0 Å². The second-order valence-electron chi connectivity index (χ2n) is 11.8. The van der Waals surface area contributed by atoms with E-state index in [9.17, 15) is 14.7 Å². The fourth-order valence-electron chi connectivity index (χ4n) is 8.57. The molecule has 4 aliphatic rings. The maximum absolute atomic E-state index is 13.5. The molecule has 35 heavy (non-hydrogen) atoms. The third-order valence-electron chi connectivity index (χ3n) is 10.1. The molecule has 1 N–H and O–H groups in total. The zero-order chi connectivity index (χ0) is 25.0. The van der Waals surface area contributed by atoms with Crippen LogP contribution in [0.1, 0.15) is 70.9 Å². The smallest absolute Gasteiger partial charge is 0.152 e. The van der Waals surface area contributed by atoms with E-state index >= 15 is 0 Å². The van der Waals surface area contributed by atoms with Crippen LogP contribution in [0.25, 0.3) is 0 Å². The summed E-state index contributed by atoms with van der Waals surface area (Å²) < 4.78 is 0.849. The first-order valence-corrected chi connectivity index (χ1v) is 14.8. The number of hydrogen-bond donors (Lipinski definition) is 1. The second kappa shape index (κ2) is 9.43. The van der Waals surface area contributed by atoms with Crippen molar-refractivity contribution in [3.63, 3.8) is 0 Å². The number of aliphatic hydroxyl groups excluding tert-OH is 1. The van der Waals surface area contributed by atoms with E-state index in [1.54, 1.807) is 0 Å². The number of fused-ring (bicyclic) bond motifs is 5. The van der Waals surface area contributed by atoms with Gasteiger partial charge in [-0.25, -0.2) is 9.98 Å². The van der Waals surface area contributed by atoms with Gasteiger partial charge in [-0.05, 0) is 80.0 Å². The van der Waals surface area contributed by atoms with Crippen molar-refractivity contribution < 1.29 is 14.7 Å². The fourth-order valence-corrected chi connectivity index (χ4v) is 10.5. The fraction of sp³-hybridized carbons (Fsp3) is 0.714. The lowest BCUT2D eigenvalue weighted by Crippen LogP contribution is -2.59. The second-order valence-corrected chi connectivity index (χ2v) is 14.0. The first kappa shape index (κ1) is 25.2. The molecule has 4 aliphatic carbocycles. The Bertz CT molecular complexity index is 1090. The first-order chi connectivity index (χ1) is 16.7. The van der Waals surface area contributed by atoms with Gasteiger partial charge in [-0.3, -0.25) is 9.59 Å². The summed E-state index contributed by atoms with van der Waals surface area (Å²) in [6.45, 7) is 6.53. The molecule has 5 rings (SSSR count). The summed E-state index contributed by atoms with van der Waals surface area (Å²) in [5.74, 6) is 5.11. The molecule has 4 saturated carbocycles. The summed E-state index contributed by atoms with van der Waals surface area (Å²) in [6, 6.07) is 0. The van der Waals surface area contributed by atoms with Gasteiger partial charge in [0.2, 0.25) is 0 Å². The molecule has 0 aromatic carbocycles. The van der Waals surface area contributed by atoms with Crippen LogP contribution < -0.4 is 0 Å². The molecular weight excluding hydrogens is 476 g/mol. The van der Waals surface area contributed by atoms with Crippen LogP contribution in [0.3, 0.4) is 0 Å². The number of aryl methyl sites for hydroxylation is 1. The number of rotatable bonds is 5. The summed E-state index contributed by atoms with van der Waals surface area (Å²) in [5.41, 5.74) is 0.740. The third-order valence-corrected chi connectivity index (χ3v) is 12.4. The summed E-state index contributed by atoms with van der Waals surface area (Å²) in [4.78, 5) is 34.5. The number of aromatic nitrogens is 1. The van der Waals surface area contributed by atoms with Gasteiger partial charge in [0.05, 0.1) is 23.8 Å². The average Bonchev–Trinajstić information content (AvgIpc) is 3.34. The molecule has 0 aliphatic heterocycles. The lowest BCUT2D eigenvalue weighted by Gasteiger charge is -2.61. The number of thiazole rings is 1. The van der Waals surface area contributed by atoms with Gasteiger partial charge in [-0.1, -0.05) is 42.9 Å². The maximum atomic E-state index is 13.5. The quantitative estimate of drug-likeness (QED) is 0.313. The Balaban J connectivity index is 1.30. The van der Waals surface area contributed by atoms with Gasteiger partial charge >= 0.3 is 0 Å². The first-order valence-electron chi connectivity index (χ1n) is 13.0. The molecule has 1 aromatic heterocycles. The molecule has 0 spiro atoms. The topological polar surface area (TPSA) is 79.6 Å². The van der Waals surface area contributed by atoms with Crippen LogP contribution in [0, 0.1) is 59.7 Å². The lowest BCUT2D eigenvalue weighted by atomic mass is 9.44. The summed E-state index contributed by atoms with van der Waals surface area (Å²) in [7, 11) is 0. The van der Waals surface area contributed by atoms with Crippen molar-refractivity contribution in [3.8, 4) is 12.3 Å². The minimum atomic E-state index is -0.388. The third kappa shape index (κ3) is 4.24. The Labute approximate surface area is 217 Å². The molecule has 1 heterocycles. The Hall–Kier alpha value is -1.49. The Kier molecular flexibility index (Phi) is 6.78. The van der Waals surface area contributed by atoms with Gasteiger partial charge in [0.15, 0.2) is 4.34 Å². The summed E-state index contributed by atoms with van der Waals surface area (Å²) in [6.07, 6.45) is 13.5. The molecular formula is C28H36N2O3S2. The summed E-state index contributed by atoms with van der Waals surface area (Å²) in [5, 5.41) is 12.4. The van der Waals surface area contributed by atoms with Crippen molar-refractivity contribution in [1.82, 2.24) is 4.98 Å². The molecule has 8 atom stereocenters. The van der Waals surface area contributed by atoms with E-state index in [4.69, 9.17) is 6.42 Å². The normalized spacial score (nSPS) is 40.7. The number of terminal acetylenes is 1. The van der Waals surface area contributed by atoms with E-state index in [2.05, 4.69) is 29.7 Å². The number of thioether (sulfide) groups is 1. The van der Waals surface area contributed by atoms with Crippen molar-refractivity contribution in [2.24, 2.45) is 45.4 Å². The van der Waals surface area contributed by atoms with Gasteiger partial charge < -0.3 is 5.11 Å². The van der Waals surface area contributed by atoms with Crippen molar-refractivity contribution in [2.45, 2.75) is 82.6 Å². The van der Waals surface area contributed by atoms with Gasteiger partial charge in [-0.15, -0.1) is 6.42 Å². The number of nitrogens with zero attached hydrogens (tertiary/aromatic N) is 2. The van der Waals surface area contributed by atoms with Crippen LogP contribution in [-0.4, -0.2) is 39.7 Å². The van der Waals surface area contributed by atoms with E-state index in [0.29, 0.717) is 48.6 Å². The summed E-state index contributed by atoms with van der Waals surface area (Å²) >= 11 is 2.97. The number of carbonyl (C=O) groups is 2. The highest BCUT2D eigenvalue weighted by Crippen LogP contribution is 2.67. The van der Waals surface area contributed by atoms with Crippen LogP contribution in [0.15, 0.2) is 9.33 Å². The van der Waals surface area contributed by atoms with Gasteiger partial charge in [0.25, 0.3) is 0 Å². The van der Waals surface area contributed by atoms with Crippen molar-refractivity contribution in [1.29, 1.82) is 0 Å². The SMILES string of the molecule is C#C/C=N\c1sc(SCC(=O)C2CCC3C4CCC5CC(=O)CCC5(C)C4[C@@H](O)CC23C)nc1C. The van der Waals surface area contributed by atoms with Gasteiger partial charge in [-0.2, -0.15) is 0 Å². The highest BCUT2D eigenvalue weighted by atomic mass is 32.2. The van der Waals surface area contributed by atoms with E-state index in [0.717, 1.165) is 47.1 Å². The standard InChI is InChI=1S/C28H36N2O3S2/c1-5-12-29-25-16(2)30-26(35-25)34-15-23(33)21-9-8-20-19-7-6-17-13-18(31)10-11-27(17,3)24(19)22(32)14-28(20,21)4/h1,12,17,19-22,24,32H,6-11,13-15H2,2-4H3/b29-12-/t17?,19?,20?,21?,22-,24?,27?,28?/m0/s1. The monoisotopic (exact) mass is 512 g/mol. The Morgan fingerprint density at radius 1 is 1.31 bits per heavy atom. The number of Topliss-reactive ketones (excluding diaryl/α,β-unsaturated/α-hetero) is 2. The van der Waals surface area contributed by atoms with Crippen LogP contribution in [0.5, 0.6) is 0 Å². The van der Waals surface area contributed by atoms with Crippen molar-refractivity contribution in [2.75, 3.05) is 5.75 Å². The number of hydrogen-bond acceptors (Lipinski definition) is 7. The molecule has 5 nitrogen and oxygen atoms in total. The molecule has 188 valence electrons. The molecule has 7 unspecified atom stereocenters. The van der Waals surface area contributed by atoms with Crippen LogP contribution >= 0.6 is 23.1 Å². The number of aliphatic imine (C=N–C) groups is 1. The number of aliphatic hydroxyl groups is 1. The van der Waals surface area contributed by atoms with Crippen LogP contribution in [-0.2, 0) is 9.59 Å². The highest BCUT2D eigenvalue weighted by molar-refractivity contribution is 8.01. The van der Waals surface area contributed by atoms with Gasteiger partial charge in [0, 0.05) is 18.8 Å². The van der Waals surface area contributed by atoms with Crippen molar-refractivity contribution >= 4 is 45.9 Å². The predicted molar refractivity (Wildman–Crippen MR) is 141 cm³/mol. The highest BCUT2D eigenvalue weighted by Gasteiger charge is 2.63. The zero-order valence-corrected chi connectivity index (χ0v) is 22.6. The number of carbonyl (C=O) groups excluding carboxylic acids is 2. The molecule has 0 amide bonds. The molecule has 7 heteroatoms. The Morgan fingerprint density at radius 2 is 2.11 bits per heavy atom. The average molecular weight is 513 g/mol. The van der Waals surface area contributed by atoms with Crippen LogP contribution in [0.4, 0.5) is 5.00 Å². The van der Waals surface area contributed by atoms with E-state index in [-0.39, 0.29) is 34.6 Å². The van der Waals surface area contributed by atoms with E-state index in [1.165, 1.54) is 29.3 Å². The zero-order valence-electron chi connectivity index (χ0n) is 21.0. The lowest BCUT2D eigenvalue weighted by molar-refractivity contribution is -0.173. The maximum Gasteiger partial charge on any atom is 0.152 e. The molecule has 0 saturated heterocycles. The minimum absolute atomic E-state index is 0.00551. The van der Waals surface area contributed by atoms with Gasteiger partial charge in [0.1, 0.15) is 16.6 Å². The predicted octanol–water partition coefficient (Wildman–Crippen LogP) is 5.65. The molecule has 4 fully saturated rings. The molecule has 0 bridgehead atoms. The largest absolute Gasteiger partial charge is 0.393 e. The molecule has 1 aromatic rings. The number of ketones is 2. The van der Waals surface area contributed by atoms with Crippen LogP contribution in [0.2, 0.25) is 0 Å². The minimum Gasteiger partial charge on any atom is -0.393 e. The van der Waals surface area contributed by atoms with Crippen molar-refractivity contribution in [3.05, 3.63) is 5.69 Å². The molecule has 0 radical (unpaired) electrons. The van der Waals surface area contributed by atoms with E-state index in [1.807, 2.05) is 6.92 Å². The Morgan fingerprint density at radius 3 is 2.89 bits per heavy atom.